The van der Waals surface area contributed by atoms with Crippen LogP contribution in [0.15, 0.2) is 60.8 Å². The molecule has 2 aromatic carbocycles. The fraction of sp³-hybridized carbons (Fsp3) is 0.292. The van der Waals surface area contributed by atoms with Gasteiger partial charge in [-0.1, -0.05) is 18.2 Å². The van der Waals surface area contributed by atoms with E-state index >= 15 is 0 Å². The summed E-state index contributed by atoms with van der Waals surface area (Å²) in [6.07, 6.45) is 7.30. The van der Waals surface area contributed by atoms with E-state index in [-0.39, 0.29) is 17.4 Å². The standard InChI is InChI=1S/C24H24F2N2O/c1-27-16-22(21-14-20(26)6-7-23(21)27)24(29)8-5-17-9-11-28(12-10-17)15-18-3-2-4-19(25)13-18/h2-8,13-14,16-17H,9-12,15H2,1H3/b8-5+. The molecule has 29 heavy (non-hydrogen) atoms. The Labute approximate surface area is 169 Å². The summed E-state index contributed by atoms with van der Waals surface area (Å²) in [5.74, 6) is -0.294. The lowest BCUT2D eigenvalue weighted by molar-refractivity contribution is 0.104. The van der Waals surface area contributed by atoms with Gasteiger partial charge < -0.3 is 4.57 Å². The van der Waals surface area contributed by atoms with Crippen molar-refractivity contribution < 1.29 is 13.6 Å². The highest BCUT2D eigenvalue weighted by molar-refractivity contribution is 6.13. The molecule has 0 N–H and O–H groups in total. The van der Waals surface area contributed by atoms with Gasteiger partial charge >= 0.3 is 0 Å². The molecule has 3 aromatic rings. The zero-order valence-corrected chi connectivity index (χ0v) is 16.4. The first-order chi connectivity index (χ1) is 14.0. The first-order valence-corrected chi connectivity index (χ1v) is 9.93. The number of ketones is 1. The average molecular weight is 394 g/mol. The number of hydrogen-bond acceptors (Lipinski definition) is 2. The van der Waals surface area contributed by atoms with Crippen molar-refractivity contribution in [3.8, 4) is 0 Å². The lowest BCUT2D eigenvalue weighted by Gasteiger charge is -2.30. The van der Waals surface area contributed by atoms with Gasteiger partial charge in [-0.05, 0) is 73.8 Å². The van der Waals surface area contributed by atoms with Crippen LogP contribution >= 0.6 is 0 Å². The van der Waals surface area contributed by atoms with Gasteiger partial charge in [-0.3, -0.25) is 9.69 Å². The second-order valence-corrected chi connectivity index (χ2v) is 7.78. The molecule has 0 saturated carbocycles. The number of aromatic nitrogens is 1. The SMILES string of the molecule is Cn1cc(C(=O)/C=C/C2CCN(Cc3cccc(F)c3)CC2)c2cc(F)ccc21. The van der Waals surface area contributed by atoms with Gasteiger partial charge in [-0.25, -0.2) is 8.78 Å². The number of halogens is 2. The van der Waals surface area contributed by atoms with Crippen molar-refractivity contribution in [1.82, 2.24) is 9.47 Å². The molecule has 3 nitrogen and oxygen atoms in total. The lowest BCUT2D eigenvalue weighted by atomic mass is 9.95. The number of nitrogens with zero attached hydrogens (tertiary/aromatic N) is 2. The zero-order valence-electron chi connectivity index (χ0n) is 16.4. The van der Waals surface area contributed by atoms with Crippen LogP contribution in [-0.2, 0) is 13.6 Å². The minimum Gasteiger partial charge on any atom is -0.350 e. The highest BCUT2D eigenvalue weighted by atomic mass is 19.1. The summed E-state index contributed by atoms with van der Waals surface area (Å²) in [7, 11) is 1.86. The normalized spacial score (nSPS) is 16.1. The Kier molecular flexibility index (Phi) is 5.58. The molecule has 1 saturated heterocycles. The van der Waals surface area contributed by atoms with Crippen LogP contribution in [0.3, 0.4) is 0 Å². The molecule has 0 amide bonds. The summed E-state index contributed by atoms with van der Waals surface area (Å²) < 4.78 is 28.8. The predicted octanol–water partition coefficient (Wildman–Crippen LogP) is 5.11. The summed E-state index contributed by atoms with van der Waals surface area (Å²) >= 11 is 0. The minimum atomic E-state index is -0.340. The second kappa shape index (κ2) is 8.29. The number of benzene rings is 2. The molecule has 1 aromatic heterocycles. The summed E-state index contributed by atoms with van der Waals surface area (Å²) in [4.78, 5) is 15.0. The van der Waals surface area contributed by atoms with Gasteiger partial charge in [0, 0.05) is 36.3 Å². The zero-order chi connectivity index (χ0) is 20.4. The molecule has 0 atom stereocenters. The van der Waals surface area contributed by atoms with Crippen LogP contribution in [0.25, 0.3) is 10.9 Å². The average Bonchev–Trinajstić information content (AvgIpc) is 3.03. The fourth-order valence-corrected chi connectivity index (χ4v) is 4.07. The first kappa shape index (κ1) is 19.5. The van der Waals surface area contributed by atoms with Crippen molar-refractivity contribution >= 4 is 16.7 Å². The van der Waals surface area contributed by atoms with Gasteiger partial charge in [0.05, 0.1) is 0 Å². The van der Waals surface area contributed by atoms with E-state index in [1.54, 1.807) is 30.5 Å². The van der Waals surface area contributed by atoms with E-state index in [0.717, 1.165) is 43.6 Å². The number of carbonyl (C=O) groups excluding carboxylic acids is 1. The van der Waals surface area contributed by atoms with Gasteiger partial charge in [-0.15, -0.1) is 0 Å². The summed E-state index contributed by atoms with van der Waals surface area (Å²) in [6.45, 7) is 2.58. The summed E-state index contributed by atoms with van der Waals surface area (Å²) in [5.41, 5.74) is 2.35. The Morgan fingerprint density at radius 1 is 1.10 bits per heavy atom. The van der Waals surface area contributed by atoms with E-state index in [1.165, 1.54) is 18.2 Å². The molecule has 0 unspecified atom stereocenters. The van der Waals surface area contributed by atoms with Crippen LogP contribution in [0.2, 0.25) is 0 Å². The number of likely N-dealkylation sites (tertiary alicyclic amines) is 1. The van der Waals surface area contributed by atoms with E-state index in [4.69, 9.17) is 0 Å². The quantitative estimate of drug-likeness (QED) is 0.444. The number of rotatable bonds is 5. The molecule has 2 heterocycles. The molecule has 4 rings (SSSR count). The molecule has 1 aliphatic rings. The maximum atomic E-state index is 13.6. The summed E-state index contributed by atoms with van der Waals surface area (Å²) in [6, 6.07) is 11.2. The lowest BCUT2D eigenvalue weighted by Crippen LogP contribution is -2.32. The third kappa shape index (κ3) is 4.46. The molecule has 1 fully saturated rings. The Hall–Kier alpha value is -2.79. The van der Waals surface area contributed by atoms with E-state index in [0.29, 0.717) is 16.9 Å². The van der Waals surface area contributed by atoms with Crippen LogP contribution in [-0.4, -0.2) is 28.3 Å². The number of aryl methyl sites for hydroxylation is 1. The maximum absolute atomic E-state index is 13.6. The molecule has 1 aliphatic heterocycles. The van der Waals surface area contributed by atoms with Crippen molar-refractivity contribution in [3.63, 3.8) is 0 Å². The van der Waals surface area contributed by atoms with E-state index in [9.17, 15) is 13.6 Å². The van der Waals surface area contributed by atoms with Crippen molar-refractivity contribution in [2.24, 2.45) is 13.0 Å². The third-order valence-corrected chi connectivity index (χ3v) is 5.66. The molecule has 0 spiro atoms. The number of fused-ring (bicyclic) bond motifs is 1. The molecular formula is C24H24F2N2O. The highest BCUT2D eigenvalue weighted by Crippen LogP contribution is 2.24. The molecule has 0 radical (unpaired) electrons. The van der Waals surface area contributed by atoms with Gasteiger partial charge in [-0.2, -0.15) is 0 Å². The monoisotopic (exact) mass is 394 g/mol. The Bertz CT molecular complexity index is 1060. The van der Waals surface area contributed by atoms with Crippen molar-refractivity contribution in [2.75, 3.05) is 13.1 Å². The van der Waals surface area contributed by atoms with Gasteiger partial charge in [0.15, 0.2) is 5.78 Å². The molecular weight excluding hydrogens is 370 g/mol. The van der Waals surface area contributed by atoms with Crippen molar-refractivity contribution in [3.05, 3.63) is 83.6 Å². The number of piperidine rings is 1. The smallest absolute Gasteiger partial charge is 0.187 e. The van der Waals surface area contributed by atoms with Gasteiger partial charge in [0.25, 0.3) is 0 Å². The number of carbonyl (C=O) groups is 1. The number of allylic oxidation sites excluding steroid dienone is 2. The van der Waals surface area contributed by atoms with E-state index in [2.05, 4.69) is 4.90 Å². The third-order valence-electron chi connectivity index (χ3n) is 5.66. The van der Waals surface area contributed by atoms with Crippen LogP contribution in [0.1, 0.15) is 28.8 Å². The number of hydrogen-bond donors (Lipinski definition) is 0. The molecule has 150 valence electrons. The molecule has 0 aliphatic carbocycles. The second-order valence-electron chi connectivity index (χ2n) is 7.78. The van der Waals surface area contributed by atoms with Crippen LogP contribution < -0.4 is 0 Å². The summed E-state index contributed by atoms with van der Waals surface area (Å²) in [5, 5.41) is 0.645. The van der Waals surface area contributed by atoms with Crippen LogP contribution in [0.4, 0.5) is 8.78 Å². The Morgan fingerprint density at radius 3 is 2.62 bits per heavy atom. The Balaban J connectivity index is 1.37. The van der Waals surface area contributed by atoms with Crippen LogP contribution in [0.5, 0.6) is 0 Å². The van der Waals surface area contributed by atoms with E-state index < -0.39 is 0 Å². The highest BCUT2D eigenvalue weighted by Gasteiger charge is 2.18. The van der Waals surface area contributed by atoms with E-state index in [1.807, 2.05) is 23.8 Å². The van der Waals surface area contributed by atoms with Crippen molar-refractivity contribution in [1.29, 1.82) is 0 Å². The van der Waals surface area contributed by atoms with Gasteiger partial charge in [0.1, 0.15) is 11.6 Å². The predicted molar refractivity (Wildman–Crippen MR) is 111 cm³/mol. The maximum Gasteiger partial charge on any atom is 0.187 e. The van der Waals surface area contributed by atoms with Crippen LogP contribution in [0, 0.1) is 17.6 Å². The largest absolute Gasteiger partial charge is 0.350 e. The van der Waals surface area contributed by atoms with Gasteiger partial charge in [0.2, 0.25) is 0 Å². The van der Waals surface area contributed by atoms with Crippen molar-refractivity contribution in [2.45, 2.75) is 19.4 Å². The first-order valence-electron chi connectivity index (χ1n) is 9.93. The Morgan fingerprint density at radius 2 is 1.86 bits per heavy atom. The minimum absolute atomic E-state index is 0.0941. The molecule has 0 bridgehead atoms. The topological polar surface area (TPSA) is 25.2 Å². The fourth-order valence-electron chi connectivity index (χ4n) is 4.07. The molecule has 5 heteroatoms.